The first kappa shape index (κ1) is 15.4. The molecular weight excluding hydrogens is 353 g/mol. The molecule has 0 aliphatic rings. The van der Waals surface area contributed by atoms with E-state index in [0.29, 0.717) is 5.69 Å². The molecule has 1 aromatic carbocycles. The molecule has 1 heterocycles. The molecule has 2 rings (SSSR count). The molecule has 1 aromatic heterocycles. The summed E-state index contributed by atoms with van der Waals surface area (Å²) in [5.41, 5.74) is 5.37. The van der Waals surface area contributed by atoms with Crippen molar-refractivity contribution in [2.45, 2.75) is 13.1 Å². The van der Waals surface area contributed by atoms with E-state index >= 15 is 0 Å². The molecule has 0 radical (unpaired) electrons. The highest BCUT2D eigenvalue weighted by Gasteiger charge is 2.31. The molecular formula is C12H10BrF3N4O. The lowest BCUT2D eigenvalue weighted by molar-refractivity contribution is -0.137. The standard InChI is InChI=1S/C12H10BrF3N4O/c1-5-9(17)10(20-19-5)18-11(21)7-4-6(12(14,15)16)2-3-8(7)13/h2-4H,17H2,1H3,(H2,18,19,20,21). The fourth-order valence-electron chi connectivity index (χ4n) is 1.58. The Hall–Kier alpha value is -2.03. The number of halogens is 4. The summed E-state index contributed by atoms with van der Waals surface area (Å²) < 4.78 is 38.3. The Bertz CT molecular complexity index is 696. The number of hydrogen-bond acceptors (Lipinski definition) is 3. The number of nitrogens with two attached hydrogens (primary N) is 1. The van der Waals surface area contributed by atoms with Gasteiger partial charge in [-0.05, 0) is 41.1 Å². The van der Waals surface area contributed by atoms with Gasteiger partial charge < -0.3 is 11.1 Å². The number of anilines is 2. The van der Waals surface area contributed by atoms with Crippen LogP contribution in [0.1, 0.15) is 21.6 Å². The summed E-state index contributed by atoms with van der Waals surface area (Å²) in [6.07, 6.45) is -4.53. The van der Waals surface area contributed by atoms with E-state index in [1.54, 1.807) is 6.92 Å². The van der Waals surface area contributed by atoms with Gasteiger partial charge in [-0.2, -0.15) is 18.3 Å². The molecule has 0 spiro atoms. The van der Waals surface area contributed by atoms with Crippen LogP contribution in [0.25, 0.3) is 0 Å². The molecule has 4 N–H and O–H groups in total. The van der Waals surface area contributed by atoms with E-state index in [4.69, 9.17) is 5.73 Å². The minimum atomic E-state index is -4.53. The van der Waals surface area contributed by atoms with Gasteiger partial charge in [0.15, 0.2) is 5.82 Å². The van der Waals surface area contributed by atoms with Gasteiger partial charge in [-0.3, -0.25) is 9.89 Å². The van der Waals surface area contributed by atoms with Gasteiger partial charge in [0.05, 0.1) is 22.5 Å². The van der Waals surface area contributed by atoms with Crippen molar-refractivity contribution in [3.05, 3.63) is 39.5 Å². The molecule has 0 fully saturated rings. The fraction of sp³-hybridized carbons (Fsp3) is 0.167. The summed E-state index contributed by atoms with van der Waals surface area (Å²) in [6.45, 7) is 1.65. The van der Waals surface area contributed by atoms with Gasteiger partial charge in [0.25, 0.3) is 5.91 Å². The second kappa shape index (κ2) is 5.40. The Balaban J connectivity index is 2.33. The molecule has 0 aliphatic carbocycles. The first-order valence-corrected chi connectivity index (χ1v) is 6.48. The van der Waals surface area contributed by atoms with Crippen molar-refractivity contribution in [2.75, 3.05) is 11.1 Å². The first-order valence-electron chi connectivity index (χ1n) is 5.68. The van der Waals surface area contributed by atoms with Crippen LogP contribution in [-0.2, 0) is 6.18 Å². The smallest absolute Gasteiger partial charge is 0.394 e. The largest absolute Gasteiger partial charge is 0.416 e. The number of aromatic nitrogens is 2. The molecule has 0 saturated carbocycles. The number of alkyl halides is 3. The third-order valence-electron chi connectivity index (χ3n) is 2.76. The van der Waals surface area contributed by atoms with E-state index in [-0.39, 0.29) is 21.5 Å². The van der Waals surface area contributed by atoms with Crippen LogP contribution in [0.15, 0.2) is 22.7 Å². The summed E-state index contributed by atoms with van der Waals surface area (Å²) in [5, 5.41) is 8.69. The van der Waals surface area contributed by atoms with Crippen LogP contribution < -0.4 is 11.1 Å². The number of carbonyl (C=O) groups excluding carboxylic acids is 1. The van der Waals surface area contributed by atoms with Crippen LogP contribution in [0, 0.1) is 6.92 Å². The number of hydrogen-bond donors (Lipinski definition) is 3. The Labute approximate surface area is 125 Å². The lowest BCUT2D eigenvalue weighted by atomic mass is 10.1. The van der Waals surface area contributed by atoms with Gasteiger partial charge in [-0.25, -0.2) is 0 Å². The monoisotopic (exact) mass is 362 g/mol. The van der Waals surface area contributed by atoms with Gasteiger partial charge in [-0.15, -0.1) is 0 Å². The van der Waals surface area contributed by atoms with Crippen molar-refractivity contribution in [2.24, 2.45) is 0 Å². The molecule has 0 aliphatic heterocycles. The third-order valence-corrected chi connectivity index (χ3v) is 3.46. The van der Waals surface area contributed by atoms with Gasteiger partial charge in [0.1, 0.15) is 0 Å². The molecule has 1 amide bonds. The van der Waals surface area contributed by atoms with Crippen molar-refractivity contribution in [1.82, 2.24) is 10.2 Å². The van der Waals surface area contributed by atoms with Crippen LogP contribution in [0.5, 0.6) is 0 Å². The third kappa shape index (κ3) is 3.18. The van der Waals surface area contributed by atoms with Crippen LogP contribution in [0.3, 0.4) is 0 Å². The number of aromatic amines is 1. The van der Waals surface area contributed by atoms with Crippen molar-refractivity contribution in [3.63, 3.8) is 0 Å². The van der Waals surface area contributed by atoms with Crippen molar-refractivity contribution < 1.29 is 18.0 Å². The van der Waals surface area contributed by atoms with Crippen molar-refractivity contribution in [1.29, 1.82) is 0 Å². The molecule has 0 bridgehead atoms. The summed E-state index contributed by atoms with van der Waals surface area (Å²) >= 11 is 3.05. The Morgan fingerprint density at radius 1 is 1.43 bits per heavy atom. The summed E-state index contributed by atoms with van der Waals surface area (Å²) in [5.74, 6) is -0.673. The van der Waals surface area contributed by atoms with Crippen LogP contribution in [0.4, 0.5) is 24.7 Å². The highest BCUT2D eigenvalue weighted by Crippen LogP contribution is 2.32. The fourth-order valence-corrected chi connectivity index (χ4v) is 2.01. The van der Waals surface area contributed by atoms with Crippen LogP contribution in [0.2, 0.25) is 0 Å². The van der Waals surface area contributed by atoms with E-state index in [2.05, 4.69) is 31.4 Å². The van der Waals surface area contributed by atoms with Gasteiger partial charge >= 0.3 is 6.18 Å². The zero-order chi connectivity index (χ0) is 15.8. The molecule has 2 aromatic rings. The van der Waals surface area contributed by atoms with Crippen LogP contribution in [-0.4, -0.2) is 16.1 Å². The minimum absolute atomic E-state index is 0.0711. The molecule has 0 unspecified atom stereocenters. The minimum Gasteiger partial charge on any atom is -0.394 e. The lowest BCUT2D eigenvalue weighted by Crippen LogP contribution is -2.15. The lowest BCUT2D eigenvalue weighted by Gasteiger charge is -2.10. The molecule has 0 atom stereocenters. The van der Waals surface area contributed by atoms with Crippen molar-refractivity contribution >= 4 is 33.3 Å². The topological polar surface area (TPSA) is 83.8 Å². The van der Waals surface area contributed by atoms with E-state index < -0.39 is 17.6 Å². The van der Waals surface area contributed by atoms with E-state index in [9.17, 15) is 18.0 Å². The van der Waals surface area contributed by atoms with Gasteiger partial charge in [0, 0.05) is 4.47 Å². The van der Waals surface area contributed by atoms with Crippen LogP contribution >= 0.6 is 15.9 Å². The second-order valence-electron chi connectivity index (χ2n) is 4.26. The number of nitrogens with one attached hydrogen (secondary N) is 2. The zero-order valence-electron chi connectivity index (χ0n) is 10.7. The molecule has 112 valence electrons. The zero-order valence-corrected chi connectivity index (χ0v) is 12.3. The summed E-state index contributed by atoms with van der Waals surface area (Å²) in [6, 6.07) is 2.81. The molecule has 9 heteroatoms. The maximum absolute atomic E-state index is 12.7. The number of carbonyl (C=O) groups is 1. The second-order valence-corrected chi connectivity index (χ2v) is 5.11. The number of aryl methyl sites for hydroxylation is 1. The maximum Gasteiger partial charge on any atom is 0.416 e. The molecule has 0 saturated heterocycles. The quantitative estimate of drug-likeness (QED) is 0.765. The summed E-state index contributed by atoms with van der Waals surface area (Å²) in [7, 11) is 0. The normalized spacial score (nSPS) is 11.5. The Kier molecular flexibility index (Phi) is 3.95. The highest BCUT2D eigenvalue weighted by molar-refractivity contribution is 9.10. The number of rotatable bonds is 2. The number of nitrogen functional groups attached to an aromatic ring is 1. The van der Waals surface area contributed by atoms with E-state index in [0.717, 1.165) is 18.2 Å². The Morgan fingerprint density at radius 2 is 2.10 bits per heavy atom. The van der Waals surface area contributed by atoms with Gasteiger partial charge in [-0.1, -0.05) is 0 Å². The predicted molar refractivity (Wildman–Crippen MR) is 74.8 cm³/mol. The number of amides is 1. The summed E-state index contributed by atoms with van der Waals surface area (Å²) in [4.78, 5) is 12.1. The molecule has 5 nitrogen and oxygen atoms in total. The highest BCUT2D eigenvalue weighted by atomic mass is 79.9. The first-order chi connectivity index (χ1) is 9.70. The van der Waals surface area contributed by atoms with E-state index in [1.165, 1.54) is 0 Å². The average Bonchev–Trinajstić information content (AvgIpc) is 2.69. The predicted octanol–water partition coefficient (Wildman–Crippen LogP) is 3.33. The van der Waals surface area contributed by atoms with E-state index in [1.807, 2.05) is 0 Å². The maximum atomic E-state index is 12.7. The number of H-pyrrole nitrogens is 1. The van der Waals surface area contributed by atoms with Gasteiger partial charge in [0.2, 0.25) is 0 Å². The SMILES string of the molecule is Cc1[nH]nc(NC(=O)c2cc(C(F)(F)F)ccc2Br)c1N. The average molecular weight is 363 g/mol. The molecule has 21 heavy (non-hydrogen) atoms. The van der Waals surface area contributed by atoms with Crippen molar-refractivity contribution in [3.8, 4) is 0 Å². The number of benzene rings is 1. The number of nitrogens with zero attached hydrogens (tertiary/aromatic N) is 1. The Morgan fingerprint density at radius 3 is 2.62 bits per heavy atom.